The van der Waals surface area contributed by atoms with Crippen molar-refractivity contribution in [3.63, 3.8) is 0 Å². The third-order valence-electron chi connectivity index (χ3n) is 1.70. The van der Waals surface area contributed by atoms with Gasteiger partial charge in [-0.2, -0.15) is 5.10 Å². The zero-order valence-electron chi connectivity index (χ0n) is 8.28. The summed E-state index contributed by atoms with van der Waals surface area (Å²) in [5.74, 6) is 0. The molecule has 0 amide bonds. The molecular weight excluding hydrogens is 216 g/mol. The van der Waals surface area contributed by atoms with Crippen LogP contribution in [0.5, 0.6) is 0 Å². The predicted octanol–water partition coefficient (Wildman–Crippen LogP) is 1.92. The summed E-state index contributed by atoms with van der Waals surface area (Å²) in [7, 11) is 0. The molecule has 1 rings (SSSR count). The molecule has 0 atom stereocenters. The fourth-order valence-electron chi connectivity index (χ4n) is 1.01. The lowest BCUT2D eigenvalue weighted by Crippen LogP contribution is -1.98. The van der Waals surface area contributed by atoms with Crippen molar-refractivity contribution in [1.29, 1.82) is 0 Å². The third kappa shape index (κ3) is 2.50. The van der Waals surface area contributed by atoms with Crippen LogP contribution in [0.2, 0.25) is 0 Å². The van der Waals surface area contributed by atoms with Crippen LogP contribution in [-0.2, 0) is 0 Å². The zero-order valence-corrected chi connectivity index (χ0v) is 8.28. The number of hydrogen-bond acceptors (Lipinski definition) is 6. The molecule has 0 aliphatic carbocycles. The van der Waals surface area contributed by atoms with E-state index >= 15 is 0 Å². The monoisotopic (exact) mass is 224 g/mol. The summed E-state index contributed by atoms with van der Waals surface area (Å²) in [5, 5.41) is 24.7. The first-order valence-electron chi connectivity index (χ1n) is 4.22. The Hall–Kier alpha value is -2.51. The van der Waals surface area contributed by atoms with Gasteiger partial charge < -0.3 is 0 Å². The average Bonchev–Trinajstić information content (AvgIpc) is 2.25. The van der Waals surface area contributed by atoms with Crippen molar-refractivity contribution in [1.82, 2.24) is 0 Å². The molecule has 84 valence electrons. The Morgan fingerprint density at radius 3 is 2.50 bits per heavy atom. The Morgan fingerprint density at radius 2 is 2.00 bits per heavy atom. The van der Waals surface area contributed by atoms with Crippen molar-refractivity contribution in [2.75, 3.05) is 5.43 Å². The lowest BCUT2D eigenvalue weighted by molar-refractivity contribution is -0.393. The Labute approximate surface area is 89.9 Å². The topological polar surface area (TPSA) is 111 Å². The fourth-order valence-corrected chi connectivity index (χ4v) is 1.01. The highest BCUT2D eigenvalue weighted by Crippen LogP contribution is 2.28. The molecule has 16 heavy (non-hydrogen) atoms. The van der Waals surface area contributed by atoms with E-state index in [1.807, 2.05) is 0 Å². The minimum absolute atomic E-state index is 0.105. The van der Waals surface area contributed by atoms with Gasteiger partial charge in [-0.15, -0.1) is 0 Å². The van der Waals surface area contributed by atoms with Crippen LogP contribution in [0.15, 0.2) is 23.3 Å². The highest BCUT2D eigenvalue weighted by atomic mass is 16.6. The Balaban J connectivity index is 3.19. The second-order valence-electron chi connectivity index (χ2n) is 2.71. The van der Waals surface area contributed by atoms with Gasteiger partial charge in [-0.1, -0.05) is 0 Å². The van der Waals surface area contributed by atoms with Crippen molar-refractivity contribution >= 4 is 23.3 Å². The molecule has 8 nitrogen and oxygen atoms in total. The number of anilines is 1. The molecule has 0 saturated carbocycles. The van der Waals surface area contributed by atoms with Gasteiger partial charge in [-0.05, 0) is 13.0 Å². The number of nitrogens with one attached hydrogen (secondary N) is 1. The van der Waals surface area contributed by atoms with E-state index in [4.69, 9.17) is 0 Å². The maximum atomic E-state index is 10.7. The molecule has 0 saturated heterocycles. The van der Waals surface area contributed by atoms with Crippen LogP contribution < -0.4 is 5.43 Å². The number of hydrazone groups is 1. The fraction of sp³-hybridized carbons (Fsp3) is 0.125. The van der Waals surface area contributed by atoms with Gasteiger partial charge in [0.1, 0.15) is 5.69 Å². The highest BCUT2D eigenvalue weighted by Gasteiger charge is 2.18. The normalized spacial score (nSPS) is 10.3. The Bertz CT molecular complexity index is 457. The smallest absolute Gasteiger partial charge is 0.272 e. The van der Waals surface area contributed by atoms with Crippen LogP contribution in [0.4, 0.5) is 17.1 Å². The SMILES string of the molecule is CC=NNc1ccc([N+](=O)[O-])cc1[N+](=O)[O-]. The Morgan fingerprint density at radius 1 is 1.31 bits per heavy atom. The summed E-state index contributed by atoms with van der Waals surface area (Å²) in [5.41, 5.74) is 1.80. The first kappa shape index (κ1) is 11.6. The average molecular weight is 224 g/mol. The number of nitrogens with zero attached hydrogens (tertiary/aromatic N) is 3. The van der Waals surface area contributed by atoms with Gasteiger partial charge in [0.2, 0.25) is 0 Å². The van der Waals surface area contributed by atoms with Gasteiger partial charge in [0.25, 0.3) is 5.69 Å². The number of nitro groups is 2. The van der Waals surface area contributed by atoms with E-state index in [0.717, 1.165) is 6.07 Å². The first-order valence-corrected chi connectivity index (χ1v) is 4.22. The van der Waals surface area contributed by atoms with E-state index in [9.17, 15) is 20.2 Å². The largest absolute Gasteiger partial charge is 0.301 e. The molecule has 1 aromatic rings. The van der Waals surface area contributed by atoms with Gasteiger partial charge in [0, 0.05) is 12.3 Å². The van der Waals surface area contributed by atoms with Gasteiger partial charge in [0.15, 0.2) is 0 Å². The molecule has 0 aliphatic heterocycles. The van der Waals surface area contributed by atoms with Crippen molar-refractivity contribution in [3.8, 4) is 0 Å². The van der Waals surface area contributed by atoms with Crippen LogP contribution in [0, 0.1) is 20.2 Å². The number of nitro benzene ring substituents is 2. The second-order valence-corrected chi connectivity index (χ2v) is 2.71. The minimum atomic E-state index is -0.708. The second kappa shape index (κ2) is 4.82. The van der Waals surface area contributed by atoms with Crippen molar-refractivity contribution in [2.45, 2.75) is 6.92 Å². The maximum absolute atomic E-state index is 10.7. The van der Waals surface area contributed by atoms with E-state index in [1.54, 1.807) is 6.92 Å². The van der Waals surface area contributed by atoms with E-state index in [-0.39, 0.29) is 17.1 Å². The predicted molar refractivity (Wildman–Crippen MR) is 57.5 cm³/mol. The molecule has 0 aromatic heterocycles. The lowest BCUT2D eigenvalue weighted by Gasteiger charge is -2.01. The summed E-state index contributed by atoms with van der Waals surface area (Å²) >= 11 is 0. The third-order valence-corrected chi connectivity index (χ3v) is 1.70. The van der Waals surface area contributed by atoms with Crippen LogP contribution in [0.25, 0.3) is 0 Å². The quantitative estimate of drug-likeness (QED) is 0.477. The van der Waals surface area contributed by atoms with Crippen molar-refractivity contribution in [2.24, 2.45) is 5.10 Å². The van der Waals surface area contributed by atoms with Crippen molar-refractivity contribution < 1.29 is 9.85 Å². The lowest BCUT2D eigenvalue weighted by atomic mass is 10.2. The molecule has 0 aliphatic rings. The number of non-ortho nitro benzene ring substituents is 1. The number of benzene rings is 1. The molecule has 0 spiro atoms. The molecule has 0 fully saturated rings. The van der Waals surface area contributed by atoms with Crippen LogP contribution in [0.1, 0.15) is 6.92 Å². The van der Waals surface area contributed by atoms with Gasteiger partial charge in [-0.25, -0.2) is 0 Å². The van der Waals surface area contributed by atoms with Crippen molar-refractivity contribution in [3.05, 3.63) is 38.4 Å². The molecule has 0 unspecified atom stereocenters. The highest BCUT2D eigenvalue weighted by molar-refractivity contribution is 5.66. The number of hydrogen-bond donors (Lipinski definition) is 1. The first-order chi connectivity index (χ1) is 7.56. The number of rotatable bonds is 4. The summed E-state index contributed by atoms with van der Waals surface area (Å²) < 4.78 is 0. The maximum Gasteiger partial charge on any atom is 0.301 e. The molecule has 8 heteroatoms. The summed E-state index contributed by atoms with van der Waals surface area (Å²) in [4.78, 5) is 19.7. The molecule has 0 bridgehead atoms. The van der Waals surface area contributed by atoms with E-state index in [2.05, 4.69) is 10.5 Å². The van der Waals surface area contributed by atoms with Crippen LogP contribution in [0.3, 0.4) is 0 Å². The summed E-state index contributed by atoms with van der Waals surface area (Å²) in [6.45, 7) is 1.63. The van der Waals surface area contributed by atoms with E-state index in [0.29, 0.717) is 0 Å². The molecule has 1 N–H and O–H groups in total. The van der Waals surface area contributed by atoms with Crippen LogP contribution in [-0.4, -0.2) is 16.1 Å². The van der Waals surface area contributed by atoms with E-state index in [1.165, 1.54) is 18.3 Å². The minimum Gasteiger partial charge on any atom is -0.272 e. The molecular formula is C8H8N4O4. The van der Waals surface area contributed by atoms with Gasteiger partial charge in [0.05, 0.1) is 15.9 Å². The molecule has 0 heterocycles. The Kier molecular flexibility index (Phi) is 3.49. The summed E-state index contributed by atoms with van der Waals surface area (Å²) in [6, 6.07) is 3.29. The molecule has 1 aromatic carbocycles. The molecule has 0 radical (unpaired) electrons. The van der Waals surface area contributed by atoms with E-state index < -0.39 is 9.85 Å². The standard InChI is InChI=1S/C8H8N4O4/c1-2-9-10-7-4-3-6(11(13)14)5-8(7)12(15)16/h2-5,10H,1H3. The van der Waals surface area contributed by atoms with Crippen LogP contribution >= 0.6 is 0 Å². The summed E-state index contributed by atoms with van der Waals surface area (Å²) in [6.07, 6.45) is 1.41. The van der Waals surface area contributed by atoms with Gasteiger partial charge >= 0.3 is 5.69 Å². The van der Waals surface area contributed by atoms with Gasteiger partial charge in [-0.3, -0.25) is 25.7 Å². The zero-order chi connectivity index (χ0) is 12.1.